The van der Waals surface area contributed by atoms with Gasteiger partial charge in [-0.2, -0.15) is 0 Å². The van der Waals surface area contributed by atoms with E-state index >= 15 is 0 Å². The molecule has 102 valence electrons. The largest absolute Gasteiger partial charge is 0.375 e. The van der Waals surface area contributed by atoms with Crippen LogP contribution in [0.2, 0.25) is 10.0 Å². The first kappa shape index (κ1) is 14.4. The fourth-order valence-electron chi connectivity index (χ4n) is 1.43. The molecule has 0 saturated heterocycles. The van der Waals surface area contributed by atoms with E-state index in [1.165, 1.54) is 6.07 Å². The third-order valence-corrected chi connectivity index (χ3v) is 5.99. The van der Waals surface area contributed by atoms with Gasteiger partial charge in [-0.3, -0.25) is 4.72 Å². The van der Waals surface area contributed by atoms with Crippen molar-refractivity contribution >= 4 is 55.4 Å². The van der Waals surface area contributed by atoms with Crippen LogP contribution < -0.4 is 10.5 Å². The molecular formula is C10H9Cl2N3O2S2. The third kappa shape index (κ3) is 2.94. The van der Waals surface area contributed by atoms with E-state index in [-0.39, 0.29) is 25.1 Å². The van der Waals surface area contributed by atoms with Crippen molar-refractivity contribution in [1.82, 2.24) is 4.98 Å². The van der Waals surface area contributed by atoms with E-state index in [0.717, 1.165) is 11.3 Å². The number of benzene rings is 1. The zero-order chi connectivity index (χ0) is 14.2. The van der Waals surface area contributed by atoms with Crippen molar-refractivity contribution in [2.75, 3.05) is 10.5 Å². The van der Waals surface area contributed by atoms with Crippen LogP contribution in [0.3, 0.4) is 0 Å². The van der Waals surface area contributed by atoms with Gasteiger partial charge >= 0.3 is 0 Å². The molecule has 2 aromatic rings. The second-order valence-electron chi connectivity index (χ2n) is 3.63. The van der Waals surface area contributed by atoms with Gasteiger partial charge in [0.05, 0.1) is 21.4 Å². The van der Waals surface area contributed by atoms with E-state index in [1.54, 1.807) is 19.1 Å². The average Bonchev–Trinajstić information content (AvgIpc) is 2.65. The minimum atomic E-state index is -3.78. The Balaban J connectivity index is 2.42. The highest BCUT2D eigenvalue weighted by Gasteiger charge is 2.22. The van der Waals surface area contributed by atoms with Gasteiger partial charge in [-0.05, 0) is 19.1 Å². The van der Waals surface area contributed by atoms with Crippen molar-refractivity contribution in [3.05, 3.63) is 33.9 Å². The summed E-state index contributed by atoms with van der Waals surface area (Å²) in [6.45, 7) is 1.57. The van der Waals surface area contributed by atoms with Crippen LogP contribution in [0.25, 0.3) is 0 Å². The van der Waals surface area contributed by atoms with Crippen LogP contribution >= 0.6 is 34.5 Å². The second kappa shape index (κ2) is 5.16. The summed E-state index contributed by atoms with van der Waals surface area (Å²) in [5.74, 6) is 0. The van der Waals surface area contributed by atoms with Crippen LogP contribution in [0, 0.1) is 6.92 Å². The number of nitrogens with two attached hydrogens (primary N) is 1. The van der Waals surface area contributed by atoms with Crippen molar-refractivity contribution in [2.24, 2.45) is 0 Å². The van der Waals surface area contributed by atoms with E-state index in [1.807, 2.05) is 0 Å². The van der Waals surface area contributed by atoms with Gasteiger partial charge in [0.1, 0.15) is 0 Å². The molecule has 0 radical (unpaired) electrons. The van der Waals surface area contributed by atoms with Gasteiger partial charge < -0.3 is 5.73 Å². The van der Waals surface area contributed by atoms with Gasteiger partial charge in [-0.1, -0.05) is 40.6 Å². The first-order valence-electron chi connectivity index (χ1n) is 5.01. The standard InChI is InChI=1S/C10H9Cl2N3O2S2/c1-5-9(18-10(13)14-5)19(16,17)15-7-4-2-3-6(11)8(7)12/h2-4,15H,1H3,(H2,13,14). The smallest absolute Gasteiger partial charge is 0.273 e. The van der Waals surface area contributed by atoms with Crippen LogP contribution in [0.1, 0.15) is 5.69 Å². The summed E-state index contributed by atoms with van der Waals surface area (Å²) >= 11 is 12.7. The predicted octanol–water partition coefficient (Wildman–Crippen LogP) is 3.14. The molecule has 0 amide bonds. The highest BCUT2D eigenvalue weighted by Crippen LogP contribution is 2.33. The molecule has 0 atom stereocenters. The van der Waals surface area contributed by atoms with Crippen LogP contribution in [0.4, 0.5) is 10.8 Å². The molecule has 0 aliphatic carbocycles. The van der Waals surface area contributed by atoms with Gasteiger partial charge in [-0.25, -0.2) is 13.4 Å². The summed E-state index contributed by atoms with van der Waals surface area (Å²) in [7, 11) is -3.78. The lowest BCUT2D eigenvalue weighted by molar-refractivity contribution is 0.602. The SMILES string of the molecule is Cc1nc(N)sc1S(=O)(=O)Nc1cccc(Cl)c1Cl. The van der Waals surface area contributed by atoms with Crippen LogP contribution in [-0.4, -0.2) is 13.4 Å². The van der Waals surface area contributed by atoms with Crippen molar-refractivity contribution in [2.45, 2.75) is 11.1 Å². The van der Waals surface area contributed by atoms with Crippen LogP contribution in [-0.2, 0) is 10.0 Å². The lowest BCUT2D eigenvalue weighted by atomic mass is 10.3. The van der Waals surface area contributed by atoms with E-state index < -0.39 is 10.0 Å². The van der Waals surface area contributed by atoms with Crippen LogP contribution in [0.15, 0.2) is 22.4 Å². The molecule has 0 fully saturated rings. The van der Waals surface area contributed by atoms with E-state index in [0.29, 0.717) is 5.69 Å². The number of aryl methyl sites for hydroxylation is 1. The molecule has 3 N–H and O–H groups in total. The molecule has 0 bridgehead atoms. The summed E-state index contributed by atoms with van der Waals surface area (Å²) in [5, 5.41) is 0.598. The minimum absolute atomic E-state index is 0.0565. The quantitative estimate of drug-likeness (QED) is 0.900. The van der Waals surface area contributed by atoms with Gasteiger partial charge in [0, 0.05) is 0 Å². The molecule has 1 aromatic carbocycles. The normalized spacial score (nSPS) is 11.5. The summed E-state index contributed by atoms with van der Waals surface area (Å²) in [4.78, 5) is 3.88. The Hall–Kier alpha value is -1.02. The van der Waals surface area contributed by atoms with Crippen molar-refractivity contribution < 1.29 is 8.42 Å². The number of aromatic nitrogens is 1. The highest BCUT2D eigenvalue weighted by atomic mass is 35.5. The average molecular weight is 338 g/mol. The first-order chi connectivity index (χ1) is 8.81. The van der Waals surface area contributed by atoms with Crippen molar-refractivity contribution in [1.29, 1.82) is 0 Å². The Morgan fingerprint density at radius 1 is 1.37 bits per heavy atom. The molecule has 0 saturated carbocycles. The molecule has 1 aromatic heterocycles. The molecule has 2 rings (SSSR count). The number of anilines is 2. The molecule has 0 unspecified atom stereocenters. The van der Waals surface area contributed by atoms with Crippen molar-refractivity contribution in [3.8, 4) is 0 Å². The van der Waals surface area contributed by atoms with Gasteiger partial charge in [0.15, 0.2) is 9.34 Å². The molecule has 0 aliphatic heterocycles. The molecular weight excluding hydrogens is 329 g/mol. The van der Waals surface area contributed by atoms with Crippen LogP contribution in [0.5, 0.6) is 0 Å². The zero-order valence-electron chi connectivity index (χ0n) is 9.65. The van der Waals surface area contributed by atoms with Gasteiger partial charge in [0.2, 0.25) is 0 Å². The Morgan fingerprint density at radius 3 is 2.63 bits per heavy atom. The number of thiazole rings is 1. The molecule has 9 heteroatoms. The van der Waals surface area contributed by atoms with E-state index in [2.05, 4.69) is 9.71 Å². The number of nitrogens with one attached hydrogen (secondary N) is 1. The summed E-state index contributed by atoms with van der Waals surface area (Å²) in [6, 6.07) is 4.68. The van der Waals surface area contributed by atoms with E-state index in [9.17, 15) is 8.42 Å². The summed E-state index contributed by atoms with van der Waals surface area (Å²) in [5.41, 5.74) is 6.04. The zero-order valence-corrected chi connectivity index (χ0v) is 12.8. The lowest BCUT2D eigenvalue weighted by Gasteiger charge is -2.09. The number of rotatable bonds is 3. The maximum absolute atomic E-state index is 12.2. The number of hydrogen-bond donors (Lipinski definition) is 2. The highest BCUT2D eigenvalue weighted by molar-refractivity contribution is 7.94. The molecule has 0 aliphatic rings. The lowest BCUT2D eigenvalue weighted by Crippen LogP contribution is -2.13. The Bertz CT molecular complexity index is 728. The van der Waals surface area contributed by atoms with Gasteiger partial charge in [0.25, 0.3) is 10.0 Å². The predicted molar refractivity (Wildman–Crippen MR) is 78.5 cm³/mol. The summed E-state index contributed by atoms with van der Waals surface area (Å²) in [6.07, 6.45) is 0. The monoisotopic (exact) mass is 337 g/mol. The number of nitrogens with zero attached hydrogens (tertiary/aromatic N) is 1. The number of nitrogen functional groups attached to an aromatic ring is 1. The van der Waals surface area contributed by atoms with Crippen molar-refractivity contribution in [3.63, 3.8) is 0 Å². The number of sulfonamides is 1. The second-order valence-corrected chi connectivity index (χ2v) is 7.33. The topological polar surface area (TPSA) is 85.1 Å². The van der Waals surface area contributed by atoms with Gasteiger partial charge in [-0.15, -0.1) is 0 Å². The Kier molecular flexibility index (Phi) is 3.91. The maximum Gasteiger partial charge on any atom is 0.273 e. The maximum atomic E-state index is 12.2. The van der Waals surface area contributed by atoms with E-state index in [4.69, 9.17) is 28.9 Å². The molecule has 1 heterocycles. The fourth-order valence-corrected chi connectivity index (χ4v) is 4.20. The summed E-state index contributed by atoms with van der Waals surface area (Å²) < 4.78 is 26.8. The molecule has 0 spiro atoms. The fraction of sp³-hybridized carbons (Fsp3) is 0.100. The molecule has 5 nitrogen and oxygen atoms in total. The Morgan fingerprint density at radius 2 is 2.05 bits per heavy atom. The number of halogens is 2. The molecule has 19 heavy (non-hydrogen) atoms. The number of hydrogen-bond acceptors (Lipinski definition) is 5. The third-order valence-electron chi connectivity index (χ3n) is 2.21. The minimum Gasteiger partial charge on any atom is -0.375 e. The Labute approximate surface area is 124 Å². The first-order valence-corrected chi connectivity index (χ1v) is 8.06.